The monoisotopic (exact) mass is 260 g/mol. The van der Waals surface area contributed by atoms with Crippen molar-refractivity contribution in [3.63, 3.8) is 0 Å². The highest BCUT2D eigenvalue weighted by atomic mass is 32.1. The third kappa shape index (κ3) is 2.12. The fourth-order valence-corrected chi connectivity index (χ4v) is 3.74. The minimum atomic E-state index is 0.397. The van der Waals surface area contributed by atoms with Crippen LogP contribution < -0.4 is 5.32 Å². The summed E-state index contributed by atoms with van der Waals surface area (Å²) in [7, 11) is 0. The number of hydrogen-bond acceptors (Lipinski definition) is 3. The second kappa shape index (κ2) is 4.23. The first-order valence-electron chi connectivity index (χ1n) is 6.68. The molecule has 1 unspecified atom stereocenters. The highest BCUT2D eigenvalue weighted by Crippen LogP contribution is 2.40. The molecule has 1 aromatic heterocycles. The van der Waals surface area contributed by atoms with Crippen molar-refractivity contribution in [1.29, 1.82) is 0 Å². The molecule has 2 aromatic rings. The Morgan fingerprint density at radius 2 is 2.22 bits per heavy atom. The first kappa shape index (κ1) is 12.0. The van der Waals surface area contributed by atoms with Crippen LogP contribution in [0, 0.1) is 12.3 Å². The summed E-state index contributed by atoms with van der Waals surface area (Å²) in [6.07, 6.45) is 3.91. The van der Waals surface area contributed by atoms with Crippen molar-refractivity contribution in [2.75, 3.05) is 5.32 Å². The van der Waals surface area contributed by atoms with Gasteiger partial charge in [0, 0.05) is 6.04 Å². The maximum absolute atomic E-state index is 4.71. The van der Waals surface area contributed by atoms with Gasteiger partial charge in [-0.1, -0.05) is 37.7 Å². The van der Waals surface area contributed by atoms with Crippen LogP contribution in [0.2, 0.25) is 0 Å². The number of benzene rings is 1. The van der Waals surface area contributed by atoms with E-state index in [9.17, 15) is 0 Å². The Morgan fingerprint density at radius 3 is 2.94 bits per heavy atom. The van der Waals surface area contributed by atoms with Gasteiger partial charge in [-0.05, 0) is 42.9 Å². The van der Waals surface area contributed by atoms with Crippen LogP contribution in [0.3, 0.4) is 0 Å². The summed E-state index contributed by atoms with van der Waals surface area (Å²) < 4.78 is 1.28. The Balaban J connectivity index is 1.87. The van der Waals surface area contributed by atoms with E-state index in [1.54, 1.807) is 11.3 Å². The van der Waals surface area contributed by atoms with Crippen molar-refractivity contribution in [2.24, 2.45) is 5.41 Å². The number of thiazole rings is 1. The second-order valence-corrected chi connectivity index (χ2v) is 7.10. The quantitative estimate of drug-likeness (QED) is 0.854. The van der Waals surface area contributed by atoms with E-state index < -0.39 is 0 Å². The minimum Gasteiger partial charge on any atom is -0.358 e. The van der Waals surface area contributed by atoms with Crippen molar-refractivity contribution in [3.8, 4) is 0 Å². The highest BCUT2D eigenvalue weighted by molar-refractivity contribution is 7.22. The molecule has 0 bridgehead atoms. The number of hydrogen-bond donors (Lipinski definition) is 1. The van der Waals surface area contributed by atoms with Crippen molar-refractivity contribution >= 4 is 26.7 Å². The SMILES string of the molecule is Cc1ccc2sc(NC3CCCC3(C)C)nc2c1. The molecule has 1 heterocycles. The maximum atomic E-state index is 4.71. The molecule has 18 heavy (non-hydrogen) atoms. The van der Waals surface area contributed by atoms with Gasteiger partial charge in [-0.3, -0.25) is 0 Å². The van der Waals surface area contributed by atoms with Crippen LogP contribution in [0.4, 0.5) is 5.13 Å². The lowest BCUT2D eigenvalue weighted by Crippen LogP contribution is -2.30. The van der Waals surface area contributed by atoms with E-state index in [1.165, 1.54) is 29.5 Å². The second-order valence-electron chi connectivity index (χ2n) is 6.07. The number of fused-ring (bicyclic) bond motifs is 1. The molecule has 1 atom stereocenters. The van der Waals surface area contributed by atoms with E-state index in [0.29, 0.717) is 11.5 Å². The molecule has 96 valence electrons. The first-order chi connectivity index (χ1) is 8.54. The predicted octanol–water partition coefficient (Wildman–Crippen LogP) is 4.60. The molecule has 1 saturated carbocycles. The smallest absolute Gasteiger partial charge is 0.184 e. The van der Waals surface area contributed by atoms with Gasteiger partial charge in [0.15, 0.2) is 5.13 Å². The van der Waals surface area contributed by atoms with E-state index in [-0.39, 0.29) is 0 Å². The van der Waals surface area contributed by atoms with Gasteiger partial charge in [0.25, 0.3) is 0 Å². The summed E-state index contributed by atoms with van der Waals surface area (Å²) in [6, 6.07) is 7.06. The number of nitrogens with zero attached hydrogens (tertiary/aromatic N) is 1. The van der Waals surface area contributed by atoms with Crippen LogP contribution in [0.5, 0.6) is 0 Å². The Morgan fingerprint density at radius 1 is 1.39 bits per heavy atom. The molecule has 1 aliphatic rings. The van der Waals surface area contributed by atoms with Crippen LogP contribution in [0.15, 0.2) is 18.2 Å². The lowest BCUT2D eigenvalue weighted by Gasteiger charge is -2.27. The topological polar surface area (TPSA) is 24.9 Å². The molecule has 3 heteroatoms. The molecule has 1 N–H and O–H groups in total. The lowest BCUT2D eigenvalue weighted by atomic mass is 9.87. The maximum Gasteiger partial charge on any atom is 0.184 e. The van der Waals surface area contributed by atoms with E-state index in [1.807, 2.05) is 0 Å². The first-order valence-corrected chi connectivity index (χ1v) is 7.50. The van der Waals surface area contributed by atoms with Crippen molar-refractivity contribution in [1.82, 2.24) is 4.98 Å². The van der Waals surface area contributed by atoms with Gasteiger partial charge < -0.3 is 5.32 Å². The molecule has 0 saturated heterocycles. The van der Waals surface area contributed by atoms with E-state index in [0.717, 1.165) is 10.6 Å². The molecule has 3 rings (SSSR count). The van der Waals surface area contributed by atoms with Crippen LogP contribution >= 0.6 is 11.3 Å². The van der Waals surface area contributed by atoms with Gasteiger partial charge in [0.2, 0.25) is 0 Å². The minimum absolute atomic E-state index is 0.397. The number of aromatic nitrogens is 1. The normalized spacial score (nSPS) is 22.5. The molecule has 0 aliphatic heterocycles. The van der Waals surface area contributed by atoms with E-state index in [4.69, 9.17) is 4.98 Å². The van der Waals surface area contributed by atoms with Crippen LogP contribution in [-0.4, -0.2) is 11.0 Å². The molecule has 1 fully saturated rings. The average Bonchev–Trinajstić information content (AvgIpc) is 2.82. The molecule has 1 aliphatic carbocycles. The molecular formula is C15H20N2S. The predicted molar refractivity (Wildman–Crippen MR) is 79.4 cm³/mol. The lowest BCUT2D eigenvalue weighted by molar-refractivity contribution is 0.350. The van der Waals surface area contributed by atoms with Crippen LogP contribution in [0.1, 0.15) is 38.7 Å². The molecule has 0 amide bonds. The van der Waals surface area contributed by atoms with Gasteiger partial charge in [-0.2, -0.15) is 0 Å². The number of nitrogens with one attached hydrogen (secondary N) is 1. The zero-order chi connectivity index (χ0) is 12.8. The average molecular weight is 260 g/mol. The number of anilines is 1. The molecule has 2 nitrogen and oxygen atoms in total. The third-order valence-corrected chi connectivity index (χ3v) is 5.07. The summed E-state index contributed by atoms with van der Waals surface area (Å²) >= 11 is 1.77. The summed E-state index contributed by atoms with van der Waals surface area (Å²) in [5.74, 6) is 0. The van der Waals surface area contributed by atoms with E-state index in [2.05, 4.69) is 44.3 Å². The van der Waals surface area contributed by atoms with Gasteiger partial charge >= 0.3 is 0 Å². The fraction of sp³-hybridized carbons (Fsp3) is 0.533. The van der Waals surface area contributed by atoms with Crippen molar-refractivity contribution < 1.29 is 0 Å². The third-order valence-electron chi connectivity index (χ3n) is 4.10. The molecule has 0 radical (unpaired) electrons. The summed E-state index contributed by atoms with van der Waals surface area (Å²) in [6.45, 7) is 6.83. The Labute approximate surface area is 112 Å². The molecule has 0 spiro atoms. The Bertz CT molecular complexity index is 571. The van der Waals surface area contributed by atoms with Crippen molar-refractivity contribution in [3.05, 3.63) is 23.8 Å². The summed E-state index contributed by atoms with van der Waals surface area (Å²) in [5, 5.41) is 4.73. The zero-order valence-electron chi connectivity index (χ0n) is 11.3. The fourth-order valence-electron chi connectivity index (χ4n) is 2.84. The van der Waals surface area contributed by atoms with Gasteiger partial charge in [0.05, 0.1) is 10.2 Å². The van der Waals surface area contributed by atoms with Gasteiger partial charge in [-0.15, -0.1) is 0 Å². The summed E-state index contributed by atoms with van der Waals surface area (Å²) in [5.41, 5.74) is 2.80. The number of rotatable bonds is 2. The largest absolute Gasteiger partial charge is 0.358 e. The molecular weight excluding hydrogens is 240 g/mol. The van der Waals surface area contributed by atoms with Crippen LogP contribution in [-0.2, 0) is 0 Å². The van der Waals surface area contributed by atoms with Gasteiger partial charge in [0.1, 0.15) is 0 Å². The Kier molecular flexibility index (Phi) is 2.81. The van der Waals surface area contributed by atoms with Crippen LogP contribution in [0.25, 0.3) is 10.2 Å². The van der Waals surface area contributed by atoms with Crippen molar-refractivity contribution in [2.45, 2.75) is 46.1 Å². The number of aryl methyl sites for hydroxylation is 1. The summed E-state index contributed by atoms with van der Waals surface area (Å²) in [4.78, 5) is 4.71. The van der Waals surface area contributed by atoms with E-state index >= 15 is 0 Å². The highest BCUT2D eigenvalue weighted by Gasteiger charge is 2.34. The standard InChI is InChI=1S/C15H20N2S/c1-10-6-7-12-11(9-10)16-14(18-12)17-13-5-4-8-15(13,2)3/h6-7,9,13H,4-5,8H2,1-3H3,(H,16,17). The van der Waals surface area contributed by atoms with Gasteiger partial charge in [-0.25, -0.2) is 4.98 Å². The zero-order valence-corrected chi connectivity index (χ0v) is 12.1. The molecule has 1 aromatic carbocycles. The Hall–Kier alpha value is -1.09.